The Morgan fingerprint density at radius 3 is 2.57 bits per heavy atom. The lowest BCUT2D eigenvalue weighted by molar-refractivity contribution is -0.136. The molecule has 1 aliphatic rings. The van der Waals surface area contributed by atoms with E-state index in [-0.39, 0.29) is 12.3 Å². The number of rotatable bonds is 5. The number of carboxylic acids is 1. The van der Waals surface area contributed by atoms with Crippen LogP contribution in [0.2, 0.25) is 0 Å². The second-order valence-corrected chi connectivity index (χ2v) is 6.30. The van der Waals surface area contributed by atoms with Crippen molar-refractivity contribution in [3.63, 3.8) is 0 Å². The molecule has 0 unspecified atom stereocenters. The summed E-state index contributed by atoms with van der Waals surface area (Å²) in [5, 5.41) is 12.1. The van der Waals surface area contributed by atoms with Crippen molar-refractivity contribution in [2.45, 2.75) is 19.9 Å². The molecule has 0 aromatic carbocycles. The second-order valence-electron chi connectivity index (χ2n) is 5.22. The van der Waals surface area contributed by atoms with Crippen LogP contribution in [0.3, 0.4) is 0 Å². The number of nitrogens with zero attached hydrogens (tertiary/aromatic N) is 3. The van der Waals surface area contributed by atoms with Crippen LogP contribution in [0.15, 0.2) is 0 Å². The molecule has 8 heteroatoms. The summed E-state index contributed by atoms with van der Waals surface area (Å²) in [5.74, 6) is -1.11. The number of aliphatic carboxylic acids is 1. The number of amides is 1. The van der Waals surface area contributed by atoms with Crippen molar-refractivity contribution in [3.05, 3.63) is 10.6 Å². The first kappa shape index (κ1) is 15.9. The molecule has 0 aliphatic carbocycles. The van der Waals surface area contributed by atoms with Crippen molar-refractivity contribution in [1.82, 2.24) is 14.8 Å². The van der Waals surface area contributed by atoms with Crippen LogP contribution < -0.4 is 5.32 Å². The Kier molecular flexibility index (Phi) is 5.27. The number of nitrogens with one attached hydrogen (secondary N) is 1. The summed E-state index contributed by atoms with van der Waals surface area (Å²) in [6.07, 6.45) is -0.112. The van der Waals surface area contributed by atoms with Gasteiger partial charge in [0.1, 0.15) is 0 Å². The molecule has 21 heavy (non-hydrogen) atoms. The largest absolute Gasteiger partial charge is 0.481 e. The maximum absolute atomic E-state index is 11.1. The highest BCUT2D eigenvalue weighted by atomic mass is 32.1. The molecule has 1 fully saturated rings. The molecule has 1 amide bonds. The van der Waals surface area contributed by atoms with Gasteiger partial charge in [-0.1, -0.05) is 0 Å². The summed E-state index contributed by atoms with van der Waals surface area (Å²) in [6.45, 7) is 6.02. The molecular weight excluding hydrogens is 292 g/mol. The number of carboxylic acid groups (broad SMARTS) is 1. The minimum atomic E-state index is -0.908. The maximum atomic E-state index is 11.1. The van der Waals surface area contributed by atoms with Crippen molar-refractivity contribution in [3.8, 4) is 0 Å². The standard InChI is InChI=1S/C13H20N4O3S/c1-9(18)14-13-15-10(7-12(19)20)11(21-13)8-17-5-3-16(2)4-6-17/h3-8H2,1-2H3,(H,19,20)(H,14,15,18). The Balaban J connectivity index is 2.09. The zero-order valence-electron chi connectivity index (χ0n) is 12.3. The fraction of sp³-hybridized carbons (Fsp3) is 0.615. The molecule has 2 heterocycles. The van der Waals surface area contributed by atoms with Crippen LogP contribution in [-0.4, -0.2) is 65.0 Å². The van der Waals surface area contributed by atoms with Crippen molar-refractivity contribution >= 4 is 28.3 Å². The predicted octanol–water partition coefficient (Wildman–Crippen LogP) is 0.476. The molecular formula is C13H20N4O3S. The van der Waals surface area contributed by atoms with Gasteiger partial charge in [-0.05, 0) is 7.05 Å². The highest BCUT2D eigenvalue weighted by Gasteiger charge is 2.20. The molecule has 2 rings (SSSR count). The Morgan fingerprint density at radius 2 is 2.00 bits per heavy atom. The third kappa shape index (κ3) is 4.76. The highest BCUT2D eigenvalue weighted by molar-refractivity contribution is 7.15. The van der Waals surface area contributed by atoms with Crippen molar-refractivity contribution in [1.29, 1.82) is 0 Å². The molecule has 0 atom stereocenters. The predicted molar refractivity (Wildman–Crippen MR) is 80.5 cm³/mol. The summed E-state index contributed by atoms with van der Waals surface area (Å²) < 4.78 is 0. The fourth-order valence-electron chi connectivity index (χ4n) is 2.20. The lowest BCUT2D eigenvalue weighted by Crippen LogP contribution is -2.43. The van der Waals surface area contributed by atoms with E-state index in [0.29, 0.717) is 17.4 Å². The van der Waals surface area contributed by atoms with E-state index in [1.54, 1.807) is 0 Å². The van der Waals surface area contributed by atoms with Crippen LogP contribution in [0.4, 0.5) is 5.13 Å². The van der Waals surface area contributed by atoms with Gasteiger partial charge in [0.05, 0.1) is 12.1 Å². The summed E-state index contributed by atoms with van der Waals surface area (Å²) in [7, 11) is 2.09. The number of hydrogen-bond donors (Lipinski definition) is 2. The second kappa shape index (κ2) is 6.97. The fourth-order valence-corrected chi connectivity index (χ4v) is 3.27. The molecule has 0 radical (unpaired) electrons. The molecule has 1 aromatic rings. The van der Waals surface area contributed by atoms with Gasteiger partial charge in [-0.15, -0.1) is 11.3 Å². The summed E-state index contributed by atoms with van der Waals surface area (Å²) in [4.78, 5) is 31.8. The first-order chi connectivity index (χ1) is 9.94. The monoisotopic (exact) mass is 312 g/mol. The van der Waals surface area contributed by atoms with E-state index in [0.717, 1.165) is 31.1 Å². The molecule has 1 saturated heterocycles. The van der Waals surface area contributed by atoms with Crippen LogP contribution >= 0.6 is 11.3 Å². The van der Waals surface area contributed by atoms with E-state index in [4.69, 9.17) is 5.11 Å². The smallest absolute Gasteiger partial charge is 0.309 e. The quantitative estimate of drug-likeness (QED) is 0.822. The number of hydrogen-bond acceptors (Lipinski definition) is 6. The zero-order chi connectivity index (χ0) is 15.4. The minimum Gasteiger partial charge on any atom is -0.481 e. The molecule has 0 saturated carbocycles. The molecule has 1 aromatic heterocycles. The maximum Gasteiger partial charge on any atom is 0.309 e. The molecule has 2 N–H and O–H groups in total. The molecule has 0 spiro atoms. The number of piperazine rings is 1. The Labute approximate surface area is 127 Å². The van der Waals surface area contributed by atoms with Crippen molar-refractivity contribution in [2.75, 3.05) is 38.5 Å². The van der Waals surface area contributed by atoms with Gasteiger partial charge in [-0.3, -0.25) is 14.5 Å². The van der Waals surface area contributed by atoms with Gasteiger partial charge < -0.3 is 15.3 Å². The van der Waals surface area contributed by atoms with Crippen molar-refractivity contribution < 1.29 is 14.7 Å². The minimum absolute atomic E-state index is 0.112. The van der Waals surface area contributed by atoms with Crippen LogP contribution in [0, 0.1) is 0 Å². The highest BCUT2D eigenvalue weighted by Crippen LogP contribution is 2.25. The average molecular weight is 312 g/mol. The normalized spacial score (nSPS) is 16.9. The van der Waals surface area contributed by atoms with Gasteiger partial charge in [0.15, 0.2) is 5.13 Å². The third-order valence-electron chi connectivity index (χ3n) is 3.34. The Hall–Kier alpha value is -1.51. The van der Waals surface area contributed by atoms with E-state index in [1.165, 1.54) is 18.3 Å². The van der Waals surface area contributed by atoms with Crippen LogP contribution in [-0.2, 0) is 22.6 Å². The van der Waals surface area contributed by atoms with E-state index >= 15 is 0 Å². The summed E-state index contributed by atoms with van der Waals surface area (Å²) in [6, 6.07) is 0. The number of thiazole rings is 1. The van der Waals surface area contributed by atoms with Gasteiger partial charge in [-0.25, -0.2) is 4.98 Å². The van der Waals surface area contributed by atoms with Gasteiger partial charge in [0.2, 0.25) is 5.91 Å². The van der Waals surface area contributed by atoms with Gasteiger partial charge in [0.25, 0.3) is 0 Å². The number of carbonyl (C=O) groups is 2. The Bertz CT molecular complexity index is 523. The number of likely N-dealkylation sites (N-methyl/N-ethyl adjacent to an activating group) is 1. The van der Waals surface area contributed by atoms with E-state index in [2.05, 4.69) is 27.1 Å². The lowest BCUT2D eigenvalue weighted by Gasteiger charge is -2.32. The lowest BCUT2D eigenvalue weighted by atomic mass is 10.2. The first-order valence-corrected chi connectivity index (χ1v) is 7.64. The SMILES string of the molecule is CC(=O)Nc1nc(CC(=O)O)c(CN2CCN(C)CC2)s1. The van der Waals surface area contributed by atoms with Crippen LogP contribution in [0.25, 0.3) is 0 Å². The topological polar surface area (TPSA) is 85.8 Å². The number of anilines is 1. The van der Waals surface area contributed by atoms with Gasteiger partial charge in [-0.2, -0.15) is 0 Å². The number of aromatic nitrogens is 1. The van der Waals surface area contributed by atoms with Gasteiger partial charge in [0, 0.05) is 44.5 Å². The van der Waals surface area contributed by atoms with E-state index in [1.807, 2.05) is 0 Å². The molecule has 116 valence electrons. The molecule has 0 bridgehead atoms. The summed E-state index contributed by atoms with van der Waals surface area (Å²) in [5.41, 5.74) is 0.551. The Morgan fingerprint density at radius 1 is 1.33 bits per heavy atom. The van der Waals surface area contributed by atoms with Crippen molar-refractivity contribution in [2.24, 2.45) is 0 Å². The molecule has 1 aliphatic heterocycles. The van der Waals surface area contributed by atoms with Crippen LogP contribution in [0.1, 0.15) is 17.5 Å². The number of carbonyl (C=O) groups excluding carboxylic acids is 1. The summed E-state index contributed by atoms with van der Waals surface area (Å²) >= 11 is 1.36. The average Bonchev–Trinajstić information content (AvgIpc) is 2.72. The van der Waals surface area contributed by atoms with E-state index < -0.39 is 5.97 Å². The first-order valence-electron chi connectivity index (χ1n) is 6.83. The zero-order valence-corrected chi connectivity index (χ0v) is 13.1. The molecule has 7 nitrogen and oxygen atoms in total. The van der Waals surface area contributed by atoms with Crippen LogP contribution in [0.5, 0.6) is 0 Å². The van der Waals surface area contributed by atoms with E-state index in [9.17, 15) is 9.59 Å². The third-order valence-corrected chi connectivity index (χ3v) is 4.34. The van der Waals surface area contributed by atoms with Gasteiger partial charge >= 0.3 is 5.97 Å².